The minimum absolute atomic E-state index is 0.189. The first-order valence-corrected chi connectivity index (χ1v) is 4.67. The van der Waals surface area contributed by atoms with Crippen molar-refractivity contribution in [2.24, 2.45) is 5.73 Å². The van der Waals surface area contributed by atoms with E-state index >= 15 is 0 Å². The average Bonchev–Trinajstić information content (AvgIpc) is 2.18. The number of aldehydes is 1. The Kier molecular flexibility index (Phi) is 3.65. The third kappa shape index (κ3) is 2.33. The largest absolute Gasteiger partial charge is 0.508 e. The van der Waals surface area contributed by atoms with Crippen LogP contribution in [0.15, 0.2) is 18.2 Å². The lowest BCUT2D eigenvalue weighted by atomic mass is 9.93. The molecule has 0 fully saturated rings. The molecule has 0 bridgehead atoms. The molecular formula is C11H15NO2. The second-order valence-electron chi connectivity index (χ2n) is 3.41. The van der Waals surface area contributed by atoms with E-state index in [4.69, 9.17) is 5.73 Å². The summed E-state index contributed by atoms with van der Waals surface area (Å²) in [6.07, 6.45) is 1.62. The second kappa shape index (κ2) is 4.77. The molecule has 1 aromatic carbocycles. The molecule has 0 saturated carbocycles. The van der Waals surface area contributed by atoms with Crippen molar-refractivity contribution in [1.82, 2.24) is 0 Å². The summed E-state index contributed by atoms with van der Waals surface area (Å²) >= 11 is 0. The number of phenolic OH excluding ortho intramolecular Hbond substituents is 1. The van der Waals surface area contributed by atoms with E-state index < -0.39 is 0 Å². The number of rotatable bonds is 4. The van der Waals surface area contributed by atoms with E-state index in [1.165, 1.54) is 6.07 Å². The van der Waals surface area contributed by atoms with E-state index in [1.807, 2.05) is 6.92 Å². The van der Waals surface area contributed by atoms with Crippen LogP contribution in [0, 0.1) is 0 Å². The Balaban J connectivity index is 3.03. The van der Waals surface area contributed by atoms with Gasteiger partial charge in [0.2, 0.25) is 0 Å². The maximum absolute atomic E-state index is 10.7. The summed E-state index contributed by atoms with van der Waals surface area (Å²) in [6.45, 7) is 2.57. The van der Waals surface area contributed by atoms with Gasteiger partial charge >= 0.3 is 0 Å². The van der Waals surface area contributed by atoms with Crippen molar-refractivity contribution in [1.29, 1.82) is 0 Å². The van der Waals surface area contributed by atoms with Gasteiger partial charge in [0.25, 0.3) is 0 Å². The lowest BCUT2D eigenvalue weighted by molar-refractivity contribution is 0.112. The molecule has 1 atom stereocenters. The highest BCUT2D eigenvalue weighted by Gasteiger charge is 2.10. The Morgan fingerprint density at radius 3 is 2.86 bits per heavy atom. The quantitative estimate of drug-likeness (QED) is 0.715. The van der Waals surface area contributed by atoms with Gasteiger partial charge in [-0.15, -0.1) is 0 Å². The molecule has 0 spiro atoms. The fourth-order valence-corrected chi connectivity index (χ4v) is 1.50. The Morgan fingerprint density at radius 2 is 2.29 bits per heavy atom. The standard InChI is InChI=1S/C11H15NO2/c1-8(4-5-12)11-6-10(14)3-2-9(11)7-13/h2-3,6-8,14H,4-5,12H2,1H3. The zero-order chi connectivity index (χ0) is 10.6. The minimum Gasteiger partial charge on any atom is -0.508 e. The summed E-state index contributed by atoms with van der Waals surface area (Å²) in [5.41, 5.74) is 6.94. The molecule has 3 nitrogen and oxygen atoms in total. The molecule has 0 aliphatic rings. The van der Waals surface area contributed by atoms with Crippen molar-refractivity contribution in [2.75, 3.05) is 6.54 Å². The summed E-state index contributed by atoms with van der Waals surface area (Å²) in [4.78, 5) is 10.7. The molecule has 0 heterocycles. The summed E-state index contributed by atoms with van der Waals surface area (Å²) in [6, 6.07) is 4.77. The van der Waals surface area contributed by atoms with Gasteiger partial charge in [-0.25, -0.2) is 0 Å². The molecular weight excluding hydrogens is 178 g/mol. The van der Waals surface area contributed by atoms with Crippen LogP contribution in [0.1, 0.15) is 35.2 Å². The highest BCUT2D eigenvalue weighted by Crippen LogP contribution is 2.25. The smallest absolute Gasteiger partial charge is 0.150 e. The topological polar surface area (TPSA) is 63.3 Å². The SMILES string of the molecule is CC(CCN)c1cc(O)ccc1C=O. The van der Waals surface area contributed by atoms with Crippen molar-refractivity contribution < 1.29 is 9.90 Å². The monoisotopic (exact) mass is 193 g/mol. The summed E-state index contributed by atoms with van der Waals surface area (Å²) in [5, 5.41) is 9.30. The fraction of sp³-hybridized carbons (Fsp3) is 0.364. The molecule has 1 unspecified atom stereocenters. The minimum atomic E-state index is 0.189. The second-order valence-corrected chi connectivity index (χ2v) is 3.41. The van der Waals surface area contributed by atoms with Gasteiger partial charge in [0.15, 0.2) is 0 Å². The van der Waals surface area contributed by atoms with Crippen LogP contribution in [0.25, 0.3) is 0 Å². The highest BCUT2D eigenvalue weighted by molar-refractivity contribution is 5.78. The number of phenols is 1. The Morgan fingerprint density at radius 1 is 1.57 bits per heavy atom. The van der Waals surface area contributed by atoms with Crippen LogP contribution in [0.4, 0.5) is 0 Å². The average molecular weight is 193 g/mol. The van der Waals surface area contributed by atoms with Crippen molar-refractivity contribution in [3.05, 3.63) is 29.3 Å². The number of hydrogen-bond donors (Lipinski definition) is 2. The van der Waals surface area contributed by atoms with Crippen LogP contribution in [0.3, 0.4) is 0 Å². The van der Waals surface area contributed by atoms with Gasteiger partial charge in [-0.05, 0) is 42.6 Å². The third-order valence-electron chi connectivity index (χ3n) is 2.33. The van der Waals surface area contributed by atoms with E-state index in [-0.39, 0.29) is 11.7 Å². The molecule has 76 valence electrons. The zero-order valence-electron chi connectivity index (χ0n) is 8.23. The number of benzene rings is 1. The van der Waals surface area contributed by atoms with Gasteiger partial charge in [-0.3, -0.25) is 4.79 Å². The van der Waals surface area contributed by atoms with Gasteiger partial charge in [0.1, 0.15) is 12.0 Å². The fourth-order valence-electron chi connectivity index (χ4n) is 1.50. The Labute approximate surface area is 83.6 Å². The van der Waals surface area contributed by atoms with Gasteiger partial charge < -0.3 is 10.8 Å². The zero-order valence-corrected chi connectivity index (χ0v) is 8.23. The molecule has 3 N–H and O–H groups in total. The normalized spacial score (nSPS) is 12.4. The van der Waals surface area contributed by atoms with Crippen molar-refractivity contribution >= 4 is 6.29 Å². The maximum Gasteiger partial charge on any atom is 0.150 e. The lowest BCUT2D eigenvalue weighted by Gasteiger charge is -2.12. The number of nitrogens with two attached hydrogens (primary N) is 1. The molecule has 1 rings (SSSR count). The predicted octanol–water partition coefficient (Wildman–Crippen LogP) is 1.66. The van der Waals surface area contributed by atoms with E-state index in [2.05, 4.69) is 0 Å². The molecule has 3 heteroatoms. The van der Waals surface area contributed by atoms with E-state index in [0.29, 0.717) is 12.1 Å². The highest BCUT2D eigenvalue weighted by atomic mass is 16.3. The third-order valence-corrected chi connectivity index (χ3v) is 2.33. The predicted molar refractivity (Wildman–Crippen MR) is 55.6 cm³/mol. The molecule has 0 aliphatic heterocycles. The maximum atomic E-state index is 10.7. The summed E-state index contributed by atoms with van der Waals surface area (Å²) in [7, 11) is 0. The van der Waals surface area contributed by atoms with Crippen LogP contribution in [0.5, 0.6) is 5.75 Å². The first-order chi connectivity index (χ1) is 6.69. The van der Waals surface area contributed by atoms with Crippen molar-refractivity contribution in [3.8, 4) is 5.75 Å². The van der Waals surface area contributed by atoms with E-state index in [9.17, 15) is 9.90 Å². The van der Waals surface area contributed by atoms with Gasteiger partial charge in [-0.2, -0.15) is 0 Å². The Hall–Kier alpha value is -1.35. The van der Waals surface area contributed by atoms with Crippen molar-refractivity contribution in [3.63, 3.8) is 0 Å². The van der Waals surface area contributed by atoms with Crippen LogP contribution in [-0.2, 0) is 0 Å². The number of hydrogen-bond acceptors (Lipinski definition) is 3. The molecule has 0 radical (unpaired) electrons. The van der Waals surface area contributed by atoms with Gasteiger partial charge in [0, 0.05) is 5.56 Å². The molecule has 14 heavy (non-hydrogen) atoms. The van der Waals surface area contributed by atoms with Crippen LogP contribution < -0.4 is 5.73 Å². The number of aromatic hydroxyl groups is 1. The number of carbonyl (C=O) groups is 1. The van der Waals surface area contributed by atoms with Gasteiger partial charge in [-0.1, -0.05) is 6.92 Å². The molecule has 0 aromatic heterocycles. The van der Waals surface area contributed by atoms with E-state index in [0.717, 1.165) is 18.3 Å². The Bertz CT molecular complexity index is 323. The summed E-state index contributed by atoms with van der Waals surface area (Å²) < 4.78 is 0. The first kappa shape index (κ1) is 10.7. The van der Waals surface area contributed by atoms with Gasteiger partial charge in [0.05, 0.1) is 0 Å². The molecule has 0 amide bonds. The van der Waals surface area contributed by atoms with Crippen LogP contribution in [-0.4, -0.2) is 17.9 Å². The first-order valence-electron chi connectivity index (χ1n) is 4.67. The molecule has 1 aromatic rings. The van der Waals surface area contributed by atoms with E-state index in [1.54, 1.807) is 12.1 Å². The number of carbonyl (C=O) groups excluding carboxylic acids is 1. The van der Waals surface area contributed by atoms with Crippen LogP contribution >= 0.6 is 0 Å². The van der Waals surface area contributed by atoms with Crippen LogP contribution in [0.2, 0.25) is 0 Å². The lowest BCUT2D eigenvalue weighted by Crippen LogP contribution is -2.06. The van der Waals surface area contributed by atoms with Crippen molar-refractivity contribution in [2.45, 2.75) is 19.3 Å². The molecule has 0 saturated heterocycles. The molecule has 0 aliphatic carbocycles. The summed E-state index contributed by atoms with van der Waals surface area (Å²) in [5.74, 6) is 0.391.